The third kappa shape index (κ3) is 1.18. The molecule has 0 radical (unpaired) electrons. The van der Waals surface area contributed by atoms with Gasteiger partial charge in [0, 0.05) is 14.1 Å². The van der Waals surface area contributed by atoms with Gasteiger partial charge in [0.15, 0.2) is 0 Å². The molecule has 5 heteroatoms. The summed E-state index contributed by atoms with van der Waals surface area (Å²) in [6, 6.07) is 7.06. The highest BCUT2D eigenvalue weighted by atomic mass is 31.2. The van der Waals surface area contributed by atoms with Crippen molar-refractivity contribution in [1.29, 1.82) is 0 Å². The quantitative estimate of drug-likeness (QED) is 0.616. The first kappa shape index (κ1) is 9.41. The topological polar surface area (TPSA) is 23.6 Å². The number of amides is 1. The standard InChI is InChI=1S/C9H10FN2OP/c1-11-8-6-4-3-5-7(8)9(13)12(2)14(11)10/h3-6H,1-2H3. The van der Waals surface area contributed by atoms with E-state index in [-0.39, 0.29) is 5.91 Å². The monoisotopic (exact) mass is 212 g/mol. The van der Waals surface area contributed by atoms with Gasteiger partial charge < -0.3 is 4.67 Å². The second kappa shape index (κ2) is 3.21. The fourth-order valence-electron chi connectivity index (χ4n) is 1.48. The van der Waals surface area contributed by atoms with E-state index in [0.29, 0.717) is 11.3 Å². The van der Waals surface area contributed by atoms with Crippen LogP contribution in [0.25, 0.3) is 0 Å². The molecule has 1 unspecified atom stereocenters. The zero-order valence-electron chi connectivity index (χ0n) is 7.94. The van der Waals surface area contributed by atoms with E-state index in [9.17, 15) is 8.99 Å². The highest BCUT2D eigenvalue weighted by molar-refractivity contribution is 7.52. The molecule has 74 valence electrons. The number of hydrogen-bond acceptors (Lipinski definition) is 2. The number of nitrogens with zero attached hydrogens (tertiary/aromatic N) is 2. The summed E-state index contributed by atoms with van der Waals surface area (Å²) in [5, 5.41) is 0. The molecule has 0 bridgehead atoms. The van der Waals surface area contributed by atoms with Crippen LogP contribution in [-0.2, 0) is 0 Å². The van der Waals surface area contributed by atoms with Crippen LogP contribution >= 0.6 is 8.53 Å². The lowest BCUT2D eigenvalue weighted by atomic mass is 10.1. The minimum Gasteiger partial charge on any atom is -0.310 e. The second-order valence-electron chi connectivity index (χ2n) is 3.11. The third-order valence-electron chi connectivity index (χ3n) is 2.27. The lowest BCUT2D eigenvalue weighted by Gasteiger charge is -2.35. The first-order chi connectivity index (χ1) is 6.63. The number of anilines is 1. The van der Waals surface area contributed by atoms with Crippen LogP contribution in [0.1, 0.15) is 10.4 Å². The Balaban J connectivity index is 2.56. The van der Waals surface area contributed by atoms with Crippen LogP contribution in [0.5, 0.6) is 0 Å². The molecule has 0 N–H and O–H groups in total. The molecule has 14 heavy (non-hydrogen) atoms. The second-order valence-corrected chi connectivity index (χ2v) is 4.79. The Morgan fingerprint density at radius 1 is 1.21 bits per heavy atom. The zero-order valence-corrected chi connectivity index (χ0v) is 8.83. The van der Waals surface area contributed by atoms with Gasteiger partial charge in [-0.25, -0.2) is 0 Å². The summed E-state index contributed by atoms with van der Waals surface area (Å²) in [5.41, 5.74) is 1.23. The van der Waals surface area contributed by atoms with Gasteiger partial charge in [-0.05, 0) is 12.1 Å². The van der Waals surface area contributed by atoms with Crippen LogP contribution < -0.4 is 4.67 Å². The molecule has 1 aliphatic rings. The van der Waals surface area contributed by atoms with E-state index >= 15 is 0 Å². The summed E-state index contributed by atoms with van der Waals surface area (Å²) >= 11 is 0. The number of halogens is 1. The summed E-state index contributed by atoms with van der Waals surface area (Å²) < 4.78 is 16.3. The minimum absolute atomic E-state index is 0.243. The first-order valence-corrected chi connectivity index (χ1v) is 5.33. The van der Waals surface area contributed by atoms with Gasteiger partial charge in [-0.1, -0.05) is 12.1 Å². The molecule has 0 spiro atoms. The third-order valence-corrected chi connectivity index (χ3v) is 3.66. The molecule has 1 atom stereocenters. The number of fused-ring (bicyclic) bond motifs is 1. The van der Waals surface area contributed by atoms with Crippen molar-refractivity contribution >= 4 is 20.1 Å². The molecule has 0 aromatic heterocycles. The van der Waals surface area contributed by atoms with E-state index in [4.69, 9.17) is 0 Å². The molecule has 2 rings (SSSR count). The Hall–Kier alpha value is -1.15. The van der Waals surface area contributed by atoms with Gasteiger partial charge in [0.2, 0.25) is 0 Å². The highest BCUT2D eigenvalue weighted by Crippen LogP contribution is 2.51. The summed E-state index contributed by atoms with van der Waals surface area (Å²) in [6.45, 7) is 0. The molecule has 0 aliphatic carbocycles. The average Bonchev–Trinajstić information content (AvgIpc) is 2.23. The van der Waals surface area contributed by atoms with Crippen LogP contribution in [-0.4, -0.2) is 24.7 Å². The molecular formula is C9H10FN2OP. The Bertz CT molecular complexity index is 385. The lowest BCUT2D eigenvalue weighted by Crippen LogP contribution is -2.33. The summed E-state index contributed by atoms with van der Waals surface area (Å²) in [7, 11) is 1.12. The predicted molar refractivity (Wildman–Crippen MR) is 55.0 cm³/mol. The van der Waals surface area contributed by atoms with Crippen LogP contribution in [0, 0.1) is 0 Å². The predicted octanol–water partition coefficient (Wildman–Crippen LogP) is 2.40. The van der Waals surface area contributed by atoms with E-state index in [2.05, 4.69) is 0 Å². The summed E-state index contributed by atoms with van der Waals surface area (Å²) in [6.07, 6.45) is 0. The molecule has 1 aromatic rings. The normalized spacial score (nSPS) is 21.1. The number of rotatable bonds is 0. The molecule has 0 saturated heterocycles. The maximum atomic E-state index is 13.6. The van der Waals surface area contributed by atoms with E-state index in [1.165, 1.54) is 11.7 Å². The largest absolute Gasteiger partial charge is 0.310 e. The van der Waals surface area contributed by atoms with Crippen LogP contribution in [0.4, 0.5) is 9.88 Å². The van der Waals surface area contributed by atoms with Crippen molar-refractivity contribution in [2.45, 2.75) is 0 Å². The Kier molecular flexibility index (Phi) is 2.16. The van der Waals surface area contributed by atoms with Crippen molar-refractivity contribution in [3.8, 4) is 0 Å². The van der Waals surface area contributed by atoms with E-state index in [1.54, 1.807) is 31.3 Å². The maximum Gasteiger partial charge on any atom is 0.295 e. The van der Waals surface area contributed by atoms with Crippen molar-refractivity contribution in [1.82, 2.24) is 4.67 Å². The fourth-order valence-corrected chi connectivity index (χ4v) is 2.49. The average molecular weight is 212 g/mol. The molecule has 1 amide bonds. The van der Waals surface area contributed by atoms with E-state index in [1.807, 2.05) is 0 Å². The molecule has 0 fully saturated rings. The van der Waals surface area contributed by atoms with Gasteiger partial charge in [-0.3, -0.25) is 9.46 Å². The van der Waals surface area contributed by atoms with Crippen LogP contribution in [0.15, 0.2) is 24.3 Å². The van der Waals surface area contributed by atoms with Gasteiger partial charge in [0.05, 0.1) is 11.3 Å². The number of hydrogen-bond donors (Lipinski definition) is 0. The van der Waals surface area contributed by atoms with Crippen molar-refractivity contribution in [2.24, 2.45) is 0 Å². The Morgan fingerprint density at radius 2 is 1.86 bits per heavy atom. The number of para-hydroxylation sites is 1. The van der Waals surface area contributed by atoms with Gasteiger partial charge in [0.1, 0.15) is 0 Å². The van der Waals surface area contributed by atoms with Crippen molar-refractivity contribution in [2.75, 3.05) is 18.8 Å². The summed E-state index contributed by atoms with van der Waals surface area (Å²) in [5.74, 6) is -0.243. The first-order valence-electron chi connectivity index (χ1n) is 4.19. The molecule has 0 saturated carbocycles. The number of carbonyl (C=O) groups excluding carboxylic acids is 1. The maximum absolute atomic E-state index is 13.6. The Labute approximate surface area is 83.1 Å². The molecule has 1 aliphatic heterocycles. The number of benzene rings is 1. The van der Waals surface area contributed by atoms with Crippen molar-refractivity contribution in [3.63, 3.8) is 0 Å². The van der Waals surface area contributed by atoms with Gasteiger partial charge >= 0.3 is 0 Å². The van der Waals surface area contributed by atoms with Gasteiger partial charge in [-0.2, -0.15) is 4.20 Å². The van der Waals surface area contributed by atoms with Crippen molar-refractivity contribution in [3.05, 3.63) is 29.8 Å². The molecule has 1 aromatic carbocycles. The van der Waals surface area contributed by atoms with Gasteiger partial charge in [0.25, 0.3) is 14.4 Å². The van der Waals surface area contributed by atoms with E-state index in [0.717, 1.165) is 4.67 Å². The highest BCUT2D eigenvalue weighted by Gasteiger charge is 2.34. The zero-order chi connectivity index (χ0) is 10.3. The summed E-state index contributed by atoms with van der Waals surface area (Å²) in [4.78, 5) is 11.6. The molecular weight excluding hydrogens is 202 g/mol. The lowest BCUT2D eigenvalue weighted by molar-refractivity contribution is 0.0879. The van der Waals surface area contributed by atoms with Gasteiger partial charge in [-0.15, -0.1) is 0 Å². The number of carbonyl (C=O) groups is 1. The fraction of sp³-hybridized carbons (Fsp3) is 0.222. The Morgan fingerprint density at radius 3 is 2.57 bits per heavy atom. The minimum atomic E-state index is -2.02. The van der Waals surface area contributed by atoms with Crippen molar-refractivity contribution < 1.29 is 8.99 Å². The van der Waals surface area contributed by atoms with Crippen LogP contribution in [0.3, 0.4) is 0 Å². The smallest absolute Gasteiger partial charge is 0.295 e. The molecule has 3 nitrogen and oxygen atoms in total. The van der Waals surface area contributed by atoms with Crippen LogP contribution in [0.2, 0.25) is 0 Å². The SMILES string of the molecule is CN1C(=O)c2ccccc2N(C)P1F. The van der Waals surface area contributed by atoms with E-state index < -0.39 is 8.53 Å². The molecule has 1 heterocycles.